The maximum atomic E-state index is 11.3. The largest absolute Gasteiger partial charge is 0.481 e. The summed E-state index contributed by atoms with van der Waals surface area (Å²) in [5.74, 6) is -0.00879. The summed E-state index contributed by atoms with van der Waals surface area (Å²) in [4.78, 5) is 21.6. The second-order valence-electron chi connectivity index (χ2n) is 3.61. The van der Waals surface area contributed by atoms with Gasteiger partial charge in [0.15, 0.2) is 0 Å². The number of benzene rings is 1. The Morgan fingerprint density at radius 2 is 1.94 bits per heavy atom. The van der Waals surface area contributed by atoms with Crippen LogP contribution >= 0.6 is 23.4 Å². The average Bonchev–Trinajstić information content (AvgIpc) is 2.31. The van der Waals surface area contributed by atoms with Crippen LogP contribution in [0.15, 0.2) is 24.3 Å². The van der Waals surface area contributed by atoms with Gasteiger partial charge in [0.25, 0.3) is 0 Å². The number of nitrogens with one attached hydrogen (secondary N) is 1. The van der Waals surface area contributed by atoms with Crippen LogP contribution in [-0.2, 0) is 15.3 Å². The van der Waals surface area contributed by atoms with Gasteiger partial charge in [0.05, 0.1) is 12.2 Å². The van der Waals surface area contributed by atoms with Gasteiger partial charge in [0.2, 0.25) is 5.91 Å². The molecular formula is C12H14ClNO3S. The van der Waals surface area contributed by atoms with Crippen LogP contribution < -0.4 is 5.32 Å². The molecule has 1 rings (SSSR count). The summed E-state index contributed by atoms with van der Waals surface area (Å²) in [5, 5.41) is 11.6. The Hall–Kier alpha value is -1.20. The van der Waals surface area contributed by atoms with Crippen molar-refractivity contribution in [3.63, 3.8) is 0 Å². The highest BCUT2D eigenvalue weighted by atomic mass is 35.5. The van der Waals surface area contributed by atoms with Crippen molar-refractivity contribution in [2.45, 2.75) is 12.2 Å². The Bertz CT molecular complexity index is 408. The van der Waals surface area contributed by atoms with E-state index in [-0.39, 0.29) is 18.9 Å². The fourth-order valence-electron chi connectivity index (χ4n) is 1.20. The third-order valence-corrected chi connectivity index (χ3v) is 3.33. The van der Waals surface area contributed by atoms with Crippen molar-refractivity contribution in [2.24, 2.45) is 0 Å². The molecule has 2 N–H and O–H groups in total. The third-order valence-electron chi connectivity index (χ3n) is 2.08. The molecule has 0 aromatic heterocycles. The van der Waals surface area contributed by atoms with Gasteiger partial charge in [-0.2, -0.15) is 0 Å². The fraction of sp³-hybridized carbons (Fsp3) is 0.333. The smallest absolute Gasteiger partial charge is 0.305 e. The van der Waals surface area contributed by atoms with Gasteiger partial charge in [-0.3, -0.25) is 9.59 Å². The molecule has 1 amide bonds. The monoisotopic (exact) mass is 287 g/mol. The van der Waals surface area contributed by atoms with Crippen LogP contribution in [0.1, 0.15) is 12.0 Å². The second-order valence-corrected chi connectivity index (χ2v) is 5.03. The summed E-state index contributed by atoms with van der Waals surface area (Å²) in [6, 6.07) is 7.45. The summed E-state index contributed by atoms with van der Waals surface area (Å²) in [6.07, 6.45) is -0.0480. The molecule has 18 heavy (non-hydrogen) atoms. The normalized spacial score (nSPS) is 10.1. The van der Waals surface area contributed by atoms with Gasteiger partial charge < -0.3 is 10.4 Å². The van der Waals surface area contributed by atoms with E-state index in [0.29, 0.717) is 10.8 Å². The molecule has 1 aromatic carbocycles. The number of carboxylic acid groups (broad SMARTS) is 1. The van der Waals surface area contributed by atoms with E-state index in [1.807, 2.05) is 24.3 Å². The lowest BCUT2D eigenvalue weighted by molar-refractivity contribution is -0.136. The number of carbonyl (C=O) groups excluding carboxylic acids is 1. The van der Waals surface area contributed by atoms with Crippen molar-refractivity contribution >= 4 is 35.2 Å². The van der Waals surface area contributed by atoms with Gasteiger partial charge in [-0.1, -0.05) is 23.7 Å². The van der Waals surface area contributed by atoms with Crippen LogP contribution in [0, 0.1) is 0 Å². The van der Waals surface area contributed by atoms with E-state index in [1.165, 1.54) is 11.8 Å². The van der Waals surface area contributed by atoms with Crippen molar-refractivity contribution in [3.05, 3.63) is 34.9 Å². The lowest BCUT2D eigenvalue weighted by atomic mass is 10.2. The highest BCUT2D eigenvalue weighted by Gasteiger charge is 2.03. The van der Waals surface area contributed by atoms with Crippen molar-refractivity contribution in [1.29, 1.82) is 0 Å². The van der Waals surface area contributed by atoms with Crippen LogP contribution in [0.4, 0.5) is 0 Å². The Balaban J connectivity index is 2.15. The number of thioether (sulfide) groups is 1. The predicted molar refractivity (Wildman–Crippen MR) is 72.9 cm³/mol. The minimum atomic E-state index is -0.913. The SMILES string of the molecule is O=C(O)CCNC(=O)CSCc1ccc(Cl)cc1. The molecule has 0 spiro atoms. The fourth-order valence-corrected chi connectivity index (χ4v) is 2.15. The zero-order valence-electron chi connectivity index (χ0n) is 9.69. The van der Waals surface area contributed by atoms with Gasteiger partial charge >= 0.3 is 5.97 Å². The van der Waals surface area contributed by atoms with Gasteiger partial charge in [-0.15, -0.1) is 11.8 Å². The standard InChI is InChI=1S/C12H14ClNO3S/c13-10-3-1-9(2-4-10)7-18-8-11(15)14-6-5-12(16)17/h1-4H,5-8H2,(H,14,15)(H,16,17). The maximum Gasteiger partial charge on any atom is 0.305 e. The second kappa shape index (κ2) is 8.00. The number of amides is 1. The molecule has 0 aliphatic carbocycles. The molecule has 98 valence electrons. The molecule has 4 nitrogen and oxygen atoms in total. The quantitative estimate of drug-likeness (QED) is 0.806. The lowest BCUT2D eigenvalue weighted by Crippen LogP contribution is -2.27. The first-order valence-corrected chi connectivity index (χ1v) is 6.92. The first kappa shape index (κ1) is 14.9. The third kappa shape index (κ3) is 6.51. The van der Waals surface area contributed by atoms with E-state index in [0.717, 1.165) is 11.3 Å². The lowest BCUT2D eigenvalue weighted by Gasteiger charge is -2.04. The van der Waals surface area contributed by atoms with Gasteiger partial charge in [-0.25, -0.2) is 0 Å². The van der Waals surface area contributed by atoms with Crippen LogP contribution in [0.3, 0.4) is 0 Å². The van der Waals surface area contributed by atoms with Crippen molar-refractivity contribution in [3.8, 4) is 0 Å². The molecule has 1 aromatic rings. The van der Waals surface area contributed by atoms with Crippen LogP contribution in [-0.4, -0.2) is 29.3 Å². The van der Waals surface area contributed by atoms with E-state index in [1.54, 1.807) is 0 Å². The molecule has 0 saturated heterocycles. The number of carboxylic acids is 1. The molecule has 0 bridgehead atoms. The number of hydrogen-bond acceptors (Lipinski definition) is 3. The van der Waals surface area contributed by atoms with Gasteiger partial charge in [0, 0.05) is 17.3 Å². The molecule has 6 heteroatoms. The molecular weight excluding hydrogens is 274 g/mol. The number of aliphatic carboxylic acids is 1. The number of hydrogen-bond donors (Lipinski definition) is 2. The summed E-state index contributed by atoms with van der Waals surface area (Å²) in [5.41, 5.74) is 1.10. The molecule has 0 radical (unpaired) electrons. The van der Waals surface area contributed by atoms with Crippen LogP contribution in [0.25, 0.3) is 0 Å². The Morgan fingerprint density at radius 1 is 1.28 bits per heavy atom. The minimum absolute atomic E-state index is 0.0480. The molecule has 0 saturated carbocycles. The number of rotatable bonds is 7. The molecule has 0 aliphatic heterocycles. The van der Waals surface area contributed by atoms with Crippen LogP contribution in [0.5, 0.6) is 0 Å². The zero-order chi connectivity index (χ0) is 13.4. The zero-order valence-corrected chi connectivity index (χ0v) is 11.3. The molecule has 0 heterocycles. The molecule has 0 aliphatic rings. The van der Waals surface area contributed by atoms with E-state index in [9.17, 15) is 9.59 Å². The first-order chi connectivity index (χ1) is 8.58. The van der Waals surface area contributed by atoms with E-state index in [4.69, 9.17) is 16.7 Å². The van der Waals surface area contributed by atoms with E-state index >= 15 is 0 Å². The molecule has 0 atom stereocenters. The topological polar surface area (TPSA) is 66.4 Å². The summed E-state index contributed by atoms with van der Waals surface area (Å²) >= 11 is 7.24. The van der Waals surface area contributed by atoms with Crippen LogP contribution in [0.2, 0.25) is 5.02 Å². The Kier molecular flexibility index (Phi) is 6.60. The van der Waals surface area contributed by atoms with Gasteiger partial charge in [-0.05, 0) is 17.7 Å². The minimum Gasteiger partial charge on any atom is -0.481 e. The average molecular weight is 288 g/mol. The Labute approximate surface area is 115 Å². The highest BCUT2D eigenvalue weighted by Crippen LogP contribution is 2.15. The maximum absolute atomic E-state index is 11.3. The van der Waals surface area contributed by atoms with Crippen molar-refractivity contribution in [2.75, 3.05) is 12.3 Å². The first-order valence-electron chi connectivity index (χ1n) is 5.38. The number of carbonyl (C=O) groups is 2. The van der Waals surface area contributed by atoms with Gasteiger partial charge in [0.1, 0.15) is 0 Å². The van der Waals surface area contributed by atoms with E-state index in [2.05, 4.69) is 5.32 Å². The number of halogens is 1. The van der Waals surface area contributed by atoms with Crippen molar-refractivity contribution < 1.29 is 14.7 Å². The molecule has 0 unspecified atom stereocenters. The predicted octanol–water partition coefficient (Wildman–Crippen LogP) is 2.16. The molecule has 0 fully saturated rings. The summed E-state index contributed by atoms with van der Waals surface area (Å²) in [6.45, 7) is 0.176. The Morgan fingerprint density at radius 3 is 2.56 bits per heavy atom. The summed E-state index contributed by atoms with van der Waals surface area (Å²) in [7, 11) is 0. The summed E-state index contributed by atoms with van der Waals surface area (Å²) < 4.78 is 0. The van der Waals surface area contributed by atoms with Crippen molar-refractivity contribution in [1.82, 2.24) is 5.32 Å². The highest BCUT2D eigenvalue weighted by molar-refractivity contribution is 7.99. The van der Waals surface area contributed by atoms with E-state index < -0.39 is 5.97 Å².